The van der Waals surface area contributed by atoms with Crippen molar-refractivity contribution >= 4 is 29.5 Å². The van der Waals surface area contributed by atoms with Gasteiger partial charge in [0, 0.05) is 61.3 Å². The molecule has 0 saturated heterocycles. The van der Waals surface area contributed by atoms with Gasteiger partial charge in [-0.25, -0.2) is 0 Å². The van der Waals surface area contributed by atoms with Crippen molar-refractivity contribution in [3.63, 3.8) is 0 Å². The van der Waals surface area contributed by atoms with E-state index >= 15 is 0 Å². The third-order valence-electron chi connectivity index (χ3n) is 3.49. The molecule has 0 atom stereocenters. The lowest BCUT2D eigenvalue weighted by Gasteiger charge is -2.06. The van der Waals surface area contributed by atoms with E-state index in [0.717, 1.165) is 16.7 Å². The number of hydrogen-bond donors (Lipinski definition) is 4. The number of aromatic nitrogens is 1. The molecule has 0 spiro atoms. The topological polar surface area (TPSA) is 104 Å². The number of benzene rings is 1. The zero-order valence-corrected chi connectivity index (χ0v) is 14.0. The number of amides is 1. The van der Waals surface area contributed by atoms with Gasteiger partial charge < -0.3 is 21.8 Å². The van der Waals surface area contributed by atoms with Crippen LogP contribution in [0.25, 0.3) is 11.6 Å². The van der Waals surface area contributed by atoms with E-state index in [1.54, 1.807) is 37.8 Å². The summed E-state index contributed by atoms with van der Waals surface area (Å²) < 4.78 is 0. The highest BCUT2D eigenvalue weighted by Crippen LogP contribution is 2.18. The molecule has 6 heteroatoms. The molecule has 5 N–H and O–H groups in total. The van der Waals surface area contributed by atoms with E-state index in [2.05, 4.69) is 15.6 Å². The van der Waals surface area contributed by atoms with Gasteiger partial charge in [-0.2, -0.15) is 0 Å². The SMILES string of the molecule is CN/C=C(\C=N)c1ccncc1/C=C/C(=O)Nc1ccc(CN)cc1. The van der Waals surface area contributed by atoms with Crippen LogP contribution in [0.15, 0.2) is 55.0 Å². The summed E-state index contributed by atoms with van der Waals surface area (Å²) in [5.74, 6) is -0.246. The second-order valence-electron chi connectivity index (χ2n) is 5.22. The molecule has 0 aliphatic heterocycles. The number of nitrogens with two attached hydrogens (primary N) is 1. The summed E-state index contributed by atoms with van der Waals surface area (Å²) in [5.41, 5.74) is 9.52. The quantitative estimate of drug-likeness (QED) is 0.461. The summed E-state index contributed by atoms with van der Waals surface area (Å²) >= 11 is 0. The normalized spacial score (nSPS) is 11.4. The molecule has 1 heterocycles. The van der Waals surface area contributed by atoms with Crippen LogP contribution in [-0.2, 0) is 11.3 Å². The summed E-state index contributed by atoms with van der Waals surface area (Å²) in [6.07, 6.45) is 9.40. The summed E-state index contributed by atoms with van der Waals surface area (Å²) in [6, 6.07) is 9.17. The van der Waals surface area contributed by atoms with Crippen LogP contribution in [0, 0.1) is 5.41 Å². The van der Waals surface area contributed by atoms with Gasteiger partial charge in [0.15, 0.2) is 0 Å². The van der Waals surface area contributed by atoms with E-state index in [-0.39, 0.29) is 5.91 Å². The average Bonchev–Trinajstić information content (AvgIpc) is 2.65. The molecule has 2 rings (SSSR count). The Morgan fingerprint density at radius 2 is 2.04 bits per heavy atom. The molecule has 0 saturated carbocycles. The molecular weight excluding hydrogens is 314 g/mol. The van der Waals surface area contributed by atoms with Crippen molar-refractivity contribution in [3.8, 4) is 0 Å². The van der Waals surface area contributed by atoms with Gasteiger partial charge in [0.2, 0.25) is 5.91 Å². The highest BCUT2D eigenvalue weighted by molar-refractivity contribution is 6.10. The minimum absolute atomic E-state index is 0.246. The van der Waals surface area contributed by atoms with Crippen LogP contribution in [0.1, 0.15) is 16.7 Å². The first kappa shape index (κ1) is 18.1. The first-order chi connectivity index (χ1) is 12.2. The van der Waals surface area contributed by atoms with Crippen molar-refractivity contribution in [1.82, 2.24) is 10.3 Å². The van der Waals surface area contributed by atoms with Gasteiger partial charge in [0.05, 0.1) is 0 Å². The van der Waals surface area contributed by atoms with Crippen molar-refractivity contribution in [2.75, 3.05) is 12.4 Å². The lowest BCUT2D eigenvalue weighted by atomic mass is 10.0. The van der Waals surface area contributed by atoms with Gasteiger partial charge in [-0.1, -0.05) is 12.1 Å². The first-order valence-electron chi connectivity index (χ1n) is 7.78. The molecule has 1 aromatic heterocycles. The molecule has 0 aliphatic rings. The van der Waals surface area contributed by atoms with Crippen LogP contribution in [0.2, 0.25) is 0 Å². The van der Waals surface area contributed by atoms with Crippen LogP contribution in [-0.4, -0.2) is 24.2 Å². The Labute approximate surface area is 147 Å². The Morgan fingerprint density at radius 1 is 1.28 bits per heavy atom. The van der Waals surface area contributed by atoms with Gasteiger partial charge >= 0.3 is 0 Å². The zero-order valence-electron chi connectivity index (χ0n) is 14.0. The van der Waals surface area contributed by atoms with E-state index in [1.165, 1.54) is 12.3 Å². The molecule has 0 bridgehead atoms. The Hall–Kier alpha value is -3.25. The third-order valence-corrected chi connectivity index (χ3v) is 3.49. The largest absolute Gasteiger partial charge is 0.393 e. The first-order valence-corrected chi connectivity index (χ1v) is 7.78. The van der Waals surface area contributed by atoms with Crippen molar-refractivity contribution in [1.29, 1.82) is 5.41 Å². The molecule has 0 unspecified atom stereocenters. The maximum absolute atomic E-state index is 12.1. The molecule has 1 amide bonds. The second-order valence-corrected chi connectivity index (χ2v) is 5.22. The van der Waals surface area contributed by atoms with E-state index in [4.69, 9.17) is 11.1 Å². The summed E-state index contributed by atoms with van der Waals surface area (Å²) in [7, 11) is 1.77. The number of hydrogen-bond acceptors (Lipinski definition) is 5. The Bertz CT molecular complexity index is 794. The summed E-state index contributed by atoms with van der Waals surface area (Å²) in [6.45, 7) is 0.466. The molecule has 128 valence electrons. The monoisotopic (exact) mass is 335 g/mol. The standard InChI is InChI=1S/C19H21N5O/c1-22-12-16(11-21)18-8-9-23-13-15(18)4-7-19(25)24-17-5-2-14(10-20)3-6-17/h2-9,11-13,21-22H,10,20H2,1H3,(H,24,25)/b7-4+,16-12+,21-11?. The van der Waals surface area contributed by atoms with E-state index in [9.17, 15) is 4.79 Å². The van der Waals surface area contributed by atoms with E-state index in [1.807, 2.05) is 24.3 Å². The van der Waals surface area contributed by atoms with Crippen molar-refractivity contribution < 1.29 is 4.79 Å². The van der Waals surface area contributed by atoms with Crippen molar-refractivity contribution in [3.05, 3.63) is 71.7 Å². The Balaban J connectivity index is 2.14. The molecule has 0 aliphatic carbocycles. The second kappa shape index (κ2) is 9.14. The van der Waals surface area contributed by atoms with Crippen molar-refractivity contribution in [2.24, 2.45) is 5.73 Å². The zero-order chi connectivity index (χ0) is 18.1. The molecule has 1 aromatic carbocycles. The maximum atomic E-state index is 12.1. The number of anilines is 1. The molecular formula is C19H21N5O. The van der Waals surface area contributed by atoms with Gasteiger partial charge in [0.1, 0.15) is 0 Å². The molecule has 2 aromatic rings. The Morgan fingerprint density at radius 3 is 2.68 bits per heavy atom. The van der Waals surface area contributed by atoms with Gasteiger partial charge in [-0.05, 0) is 35.4 Å². The van der Waals surface area contributed by atoms with Gasteiger partial charge in [0.25, 0.3) is 0 Å². The van der Waals surface area contributed by atoms with Crippen LogP contribution < -0.4 is 16.4 Å². The van der Waals surface area contributed by atoms with E-state index < -0.39 is 0 Å². The smallest absolute Gasteiger partial charge is 0.248 e. The number of rotatable bonds is 7. The van der Waals surface area contributed by atoms with Crippen molar-refractivity contribution in [2.45, 2.75) is 6.54 Å². The molecule has 0 radical (unpaired) electrons. The fourth-order valence-electron chi connectivity index (χ4n) is 2.23. The highest BCUT2D eigenvalue weighted by atomic mass is 16.1. The third kappa shape index (κ3) is 5.12. The van der Waals surface area contributed by atoms with Crippen LogP contribution >= 0.6 is 0 Å². The minimum Gasteiger partial charge on any atom is -0.393 e. The number of nitrogens with one attached hydrogen (secondary N) is 3. The van der Waals surface area contributed by atoms with Gasteiger partial charge in [-0.15, -0.1) is 0 Å². The fraction of sp³-hybridized carbons (Fsp3) is 0.105. The van der Waals surface area contributed by atoms with Crippen LogP contribution in [0.5, 0.6) is 0 Å². The molecule has 0 fully saturated rings. The average molecular weight is 335 g/mol. The number of pyridine rings is 1. The Kier molecular flexibility index (Phi) is 6.62. The van der Waals surface area contributed by atoms with Crippen LogP contribution in [0.3, 0.4) is 0 Å². The molecule has 25 heavy (non-hydrogen) atoms. The lowest BCUT2D eigenvalue weighted by molar-refractivity contribution is -0.111. The lowest BCUT2D eigenvalue weighted by Crippen LogP contribution is -2.08. The highest BCUT2D eigenvalue weighted by Gasteiger charge is 2.05. The van der Waals surface area contributed by atoms with Gasteiger partial charge in [-0.3, -0.25) is 9.78 Å². The summed E-state index contributed by atoms with van der Waals surface area (Å²) in [4.78, 5) is 16.2. The molecule has 6 nitrogen and oxygen atoms in total. The predicted octanol–water partition coefficient (Wildman–Crippen LogP) is 2.40. The summed E-state index contributed by atoms with van der Waals surface area (Å²) in [5, 5.41) is 13.2. The van der Waals surface area contributed by atoms with E-state index in [0.29, 0.717) is 17.8 Å². The number of allylic oxidation sites excluding steroid dienone is 1. The van der Waals surface area contributed by atoms with Crippen LogP contribution in [0.4, 0.5) is 5.69 Å². The number of carbonyl (C=O) groups is 1. The maximum Gasteiger partial charge on any atom is 0.248 e. The fourth-order valence-corrected chi connectivity index (χ4v) is 2.23. The number of nitrogens with zero attached hydrogens (tertiary/aromatic N) is 1. The minimum atomic E-state index is -0.246. The number of carbonyl (C=O) groups excluding carboxylic acids is 1. The predicted molar refractivity (Wildman–Crippen MR) is 102 cm³/mol.